The van der Waals surface area contributed by atoms with Crippen molar-refractivity contribution in [1.82, 2.24) is 19.7 Å². The van der Waals surface area contributed by atoms with Crippen LogP contribution in [0.1, 0.15) is 60.9 Å². The van der Waals surface area contributed by atoms with E-state index in [0.717, 1.165) is 64.2 Å². The molecular weight excluding hydrogens is 488 g/mol. The number of aromatic nitrogens is 4. The molecule has 198 valence electrons. The molecule has 7 heteroatoms. The molecule has 7 nitrogen and oxygen atoms in total. The minimum absolute atomic E-state index is 0.0226. The molecule has 0 spiro atoms. The van der Waals surface area contributed by atoms with Crippen molar-refractivity contribution in [3.63, 3.8) is 0 Å². The lowest BCUT2D eigenvalue weighted by atomic mass is 9.96. The highest BCUT2D eigenvalue weighted by Crippen LogP contribution is 2.30. The van der Waals surface area contributed by atoms with Crippen LogP contribution in [0.3, 0.4) is 0 Å². The Kier molecular flexibility index (Phi) is 7.68. The van der Waals surface area contributed by atoms with E-state index in [4.69, 9.17) is 9.51 Å². The zero-order valence-corrected chi connectivity index (χ0v) is 22.5. The summed E-state index contributed by atoms with van der Waals surface area (Å²) in [6.07, 6.45) is 3.31. The Morgan fingerprint density at radius 1 is 0.923 bits per heavy atom. The molecule has 0 radical (unpaired) electrons. The molecule has 2 heterocycles. The van der Waals surface area contributed by atoms with E-state index in [1.165, 1.54) is 0 Å². The van der Waals surface area contributed by atoms with E-state index < -0.39 is 5.76 Å². The molecule has 1 atom stereocenters. The predicted octanol–water partition coefficient (Wildman–Crippen LogP) is 6.10. The smallest absolute Gasteiger partial charge is 0.296 e. The predicted molar refractivity (Wildman–Crippen MR) is 153 cm³/mol. The maximum absolute atomic E-state index is 14.0. The molecule has 5 aromatic rings. The Bertz CT molecular complexity index is 1680. The molecule has 0 aliphatic heterocycles. The van der Waals surface area contributed by atoms with Crippen LogP contribution in [0.15, 0.2) is 93.0 Å². The molecular formula is C32H32N4O3. The first-order valence-corrected chi connectivity index (χ1v) is 13.4. The number of hydrogen-bond acceptors (Lipinski definition) is 5. The number of aromatic amines is 1. The van der Waals surface area contributed by atoms with Crippen molar-refractivity contribution in [2.24, 2.45) is 0 Å². The van der Waals surface area contributed by atoms with Gasteiger partial charge in [0.15, 0.2) is 5.82 Å². The van der Waals surface area contributed by atoms with Crippen LogP contribution in [-0.2, 0) is 12.8 Å². The largest absolute Gasteiger partial charge is 0.439 e. The molecule has 0 saturated carbocycles. The second-order valence-corrected chi connectivity index (χ2v) is 9.81. The van der Waals surface area contributed by atoms with Crippen molar-refractivity contribution in [2.75, 3.05) is 0 Å². The molecule has 1 unspecified atom stereocenters. The highest BCUT2D eigenvalue weighted by molar-refractivity contribution is 5.80. The molecule has 2 aromatic heterocycles. The zero-order chi connectivity index (χ0) is 27.4. The topological polar surface area (TPSA) is 93.8 Å². The number of unbranched alkanes of at least 4 members (excludes halogenated alkanes) is 1. The number of hydrogen-bond donors (Lipinski definition) is 1. The summed E-state index contributed by atoms with van der Waals surface area (Å²) < 4.78 is 6.53. The first-order valence-electron chi connectivity index (χ1n) is 13.4. The fourth-order valence-corrected chi connectivity index (χ4v) is 5.09. The molecule has 5 rings (SSSR count). The van der Waals surface area contributed by atoms with E-state index in [1.54, 1.807) is 0 Å². The second kappa shape index (κ2) is 11.5. The number of H-pyrrole nitrogens is 1. The number of rotatable bonds is 9. The molecule has 39 heavy (non-hydrogen) atoms. The zero-order valence-electron chi connectivity index (χ0n) is 22.5. The normalized spacial score (nSPS) is 12.0. The lowest BCUT2D eigenvalue weighted by molar-refractivity contribution is 0.388. The van der Waals surface area contributed by atoms with Crippen LogP contribution in [0.5, 0.6) is 0 Å². The van der Waals surface area contributed by atoms with E-state index in [9.17, 15) is 9.59 Å². The van der Waals surface area contributed by atoms with Crippen LogP contribution in [0.4, 0.5) is 0 Å². The second-order valence-electron chi connectivity index (χ2n) is 9.81. The molecule has 3 aromatic carbocycles. The van der Waals surface area contributed by atoms with Gasteiger partial charge in [0.1, 0.15) is 5.82 Å². The van der Waals surface area contributed by atoms with Gasteiger partial charge in [0, 0.05) is 17.5 Å². The maximum atomic E-state index is 14.0. The summed E-state index contributed by atoms with van der Waals surface area (Å²) in [6, 6.07) is 25.8. The summed E-state index contributed by atoms with van der Waals surface area (Å²) in [5.74, 6) is 0.538. The van der Waals surface area contributed by atoms with Crippen LogP contribution in [0.25, 0.3) is 22.5 Å². The number of aryl methyl sites for hydroxylation is 2. The quantitative estimate of drug-likeness (QED) is 0.253. The molecule has 0 saturated heterocycles. The third-order valence-corrected chi connectivity index (χ3v) is 7.18. The average molecular weight is 521 g/mol. The van der Waals surface area contributed by atoms with Gasteiger partial charge in [-0.1, -0.05) is 97.4 Å². The van der Waals surface area contributed by atoms with E-state index in [-0.39, 0.29) is 11.6 Å². The molecule has 0 fully saturated rings. The molecule has 0 bridgehead atoms. The van der Waals surface area contributed by atoms with Gasteiger partial charge in [0.2, 0.25) is 0 Å². The molecule has 0 aliphatic carbocycles. The number of nitrogens with one attached hydrogen (secondary N) is 1. The van der Waals surface area contributed by atoms with E-state index in [2.05, 4.69) is 24.0 Å². The van der Waals surface area contributed by atoms with Crippen molar-refractivity contribution in [2.45, 2.75) is 52.5 Å². The highest BCUT2D eigenvalue weighted by atomic mass is 16.5. The van der Waals surface area contributed by atoms with Gasteiger partial charge < -0.3 is 0 Å². The van der Waals surface area contributed by atoms with Gasteiger partial charge in [-0.2, -0.15) is 0 Å². The summed E-state index contributed by atoms with van der Waals surface area (Å²) in [6.45, 7) is 6.13. The van der Waals surface area contributed by atoms with Crippen LogP contribution < -0.4 is 11.3 Å². The van der Waals surface area contributed by atoms with Gasteiger partial charge in [-0.15, -0.1) is 0 Å². The van der Waals surface area contributed by atoms with Crippen molar-refractivity contribution >= 4 is 0 Å². The SMILES string of the molecule is CCCCc1nc(C)n(C(C)c2ccccc2)c(=O)c1Cc1ccc(-c2ccccc2-c2noc(=O)[nH]2)cc1. The monoisotopic (exact) mass is 520 g/mol. The van der Waals surface area contributed by atoms with E-state index >= 15 is 0 Å². The number of nitrogens with zero attached hydrogens (tertiary/aromatic N) is 3. The standard InChI is InChI=1S/C32H32N4O3/c1-4-5-15-29-28(31(37)36(22(3)33-29)21(2)24-11-7-6-8-12-24)20-23-16-18-25(19-17-23)26-13-9-10-14-27(26)30-34-32(38)39-35-30/h6-14,16-19,21H,4-5,15,20H2,1-3H3,(H,34,35,38). The fraction of sp³-hybridized carbons (Fsp3) is 0.250. The Balaban J connectivity index is 1.50. The van der Waals surface area contributed by atoms with Crippen LogP contribution in [0.2, 0.25) is 0 Å². The Labute approximate surface area is 227 Å². The van der Waals surface area contributed by atoms with Crippen molar-refractivity contribution in [3.8, 4) is 22.5 Å². The minimum atomic E-state index is -0.590. The summed E-state index contributed by atoms with van der Waals surface area (Å²) >= 11 is 0. The first-order chi connectivity index (χ1) is 19.0. The molecule has 0 aliphatic rings. The third kappa shape index (κ3) is 5.53. The van der Waals surface area contributed by atoms with E-state index in [1.807, 2.05) is 90.4 Å². The maximum Gasteiger partial charge on any atom is 0.439 e. The summed E-state index contributed by atoms with van der Waals surface area (Å²) in [7, 11) is 0. The lowest BCUT2D eigenvalue weighted by Gasteiger charge is -2.21. The average Bonchev–Trinajstić information content (AvgIpc) is 3.40. The Morgan fingerprint density at radius 2 is 1.62 bits per heavy atom. The van der Waals surface area contributed by atoms with Gasteiger partial charge in [0.05, 0.1) is 11.7 Å². The Morgan fingerprint density at radius 3 is 2.28 bits per heavy atom. The van der Waals surface area contributed by atoms with Gasteiger partial charge in [-0.05, 0) is 48.9 Å². The third-order valence-electron chi connectivity index (χ3n) is 7.18. The first kappa shape index (κ1) is 26.1. The highest BCUT2D eigenvalue weighted by Gasteiger charge is 2.20. The van der Waals surface area contributed by atoms with Crippen LogP contribution in [0, 0.1) is 6.92 Å². The summed E-state index contributed by atoms with van der Waals surface area (Å²) in [5, 5.41) is 3.85. The minimum Gasteiger partial charge on any atom is -0.296 e. The van der Waals surface area contributed by atoms with Crippen molar-refractivity contribution in [3.05, 3.63) is 128 Å². The summed E-state index contributed by atoms with van der Waals surface area (Å²) in [5.41, 5.74) is 6.45. The van der Waals surface area contributed by atoms with Gasteiger partial charge >= 0.3 is 5.76 Å². The summed E-state index contributed by atoms with van der Waals surface area (Å²) in [4.78, 5) is 33.0. The van der Waals surface area contributed by atoms with Crippen LogP contribution >= 0.6 is 0 Å². The van der Waals surface area contributed by atoms with E-state index in [0.29, 0.717) is 12.2 Å². The van der Waals surface area contributed by atoms with Gasteiger partial charge in [-0.25, -0.2) is 9.78 Å². The van der Waals surface area contributed by atoms with Crippen molar-refractivity contribution < 1.29 is 4.52 Å². The molecule has 1 N–H and O–H groups in total. The lowest BCUT2D eigenvalue weighted by Crippen LogP contribution is -2.32. The van der Waals surface area contributed by atoms with Gasteiger partial charge in [0.25, 0.3) is 5.56 Å². The Hall–Kier alpha value is -4.52. The number of benzene rings is 3. The van der Waals surface area contributed by atoms with Crippen molar-refractivity contribution in [1.29, 1.82) is 0 Å². The molecule has 0 amide bonds. The van der Waals surface area contributed by atoms with Gasteiger partial charge in [-0.3, -0.25) is 18.9 Å². The van der Waals surface area contributed by atoms with Crippen LogP contribution in [-0.4, -0.2) is 19.7 Å². The fourth-order valence-electron chi connectivity index (χ4n) is 5.09.